The molecule has 0 fully saturated rings. The molecule has 0 saturated carbocycles. The molecule has 1 aliphatic rings. The number of aromatic nitrogens is 2. The van der Waals surface area contributed by atoms with E-state index in [0.717, 1.165) is 112 Å². The van der Waals surface area contributed by atoms with E-state index in [1.807, 2.05) is 103 Å². The number of anilines is 4. The molecule has 5 nitrogen and oxygen atoms in total. The van der Waals surface area contributed by atoms with Gasteiger partial charge in [0, 0.05) is 84.6 Å². The number of ether oxygens (including phenoxy) is 1. The van der Waals surface area contributed by atoms with Crippen molar-refractivity contribution < 1.29 is 39.0 Å². The number of hydrogen-bond donors (Lipinski definition) is 0. The van der Waals surface area contributed by atoms with Crippen molar-refractivity contribution in [3.8, 4) is 61.8 Å². The number of nitrogens with zero attached hydrogens (tertiary/aromatic N) is 4. The van der Waals surface area contributed by atoms with Crippen molar-refractivity contribution in [3.63, 3.8) is 0 Å². The van der Waals surface area contributed by atoms with Gasteiger partial charge in [0.05, 0.1) is 5.56 Å². The van der Waals surface area contributed by atoms with Gasteiger partial charge in [-0.25, -0.2) is 18.2 Å². The summed E-state index contributed by atoms with van der Waals surface area (Å²) in [5.41, 5.74) is 14.5. The van der Waals surface area contributed by atoms with Crippen LogP contribution in [0.5, 0.6) is 11.5 Å². The Kier molecular flexibility index (Phi) is 14.7. The Morgan fingerprint density at radius 2 is 1.10 bits per heavy atom. The van der Waals surface area contributed by atoms with E-state index >= 15 is 13.2 Å². The Labute approximate surface area is 500 Å². The van der Waals surface area contributed by atoms with Crippen LogP contribution < -0.4 is 14.5 Å². The van der Waals surface area contributed by atoms with Crippen molar-refractivity contribution >= 4 is 44.6 Å². The predicted molar refractivity (Wildman–Crippen MR) is 331 cm³/mol. The minimum absolute atomic E-state index is 0. The molecule has 0 saturated heterocycles. The summed E-state index contributed by atoms with van der Waals surface area (Å²) in [6.45, 7) is 25.9. The van der Waals surface area contributed by atoms with Crippen LogP contribution >= 0.6 is 0 Å². The third-order valence-corrected chi connectivity index (χ3v) is 15.8. The number of hydrogen-bond acceptors (Lipinski definition) is 4. The van der Waals surface area contributed by atoms with Crippen LogP contribution in [-0.4, -0.2) is 9.55 Å². The number of aryl methyl sites for hydroxylation is 2. The molecule has 11 aromatic rings. The fourth-order valence-corrected chi connectivity index (χ4v) is 11.5. The largest absolute Gasteiger partial charge is 0.509 e. The van der Waals surface area contributed by atoms with Gasteiger partial charge in [0.25, 0.3) is 0 Å². The number of halogens is 3. The van der Waals surface area contributed by atoms with E-state index in [9.17, 15) is 0 Å². The molecule has 0 amide bonds. The molecular formula is C74H64F3N4OPt-3. The van der Waals surface area contributed by atoms with Crippen LogP contribution in [0.25, 0.3) is 72.1 Å². The molecule has 420 valence electrons. The van der Waals surface area contributed by atoms with Crippen molar-refractivity contribution in [3.05, 3.63) is 246 Å². The summed E-state index contributed by atoms with van der Waals surface area (Å²) in [5.74, 6) is -1.31. The van der Waals surface area contributed by atoms with Crippen LogP contribution in [0.4, 0.5) is 35.9 Å². The van der Waals surface area contributed by atoms with Gasteiger partial charge >= 0.3 is 0 Å². The molecule has 0 N–H and O–H groups in total. The molecule has 0 spiro atoms. The Balaban J connectivity index is 0.00000721. The summed E-state index contributed by atoms with van der Waals surface area (Å²) in [7, 11) is 0. The second-order valence-corrected chi connectivity index (χ2v) is 24.8. The van der Waals surface area contributed by atoms with Gasteiger partial charge in [0.1, 0.15) is 23.3 Å². The van der Waals surface area contributed by atoms with Crippen LogP contribution in [-0.2, 0) is 37.3 Å². The second kappa shape index (κ2) is 21.5. The van der Waals surface area contributed by atoms with Crippen LogP contribution in [0.2, 0.25) is 0 Å². The van der Waals surface area contributed by atoms with Gasteiger partial charge in [-0.2, -0.15) is 6.07 Å². The van der Waals surface area contributed by atoms with Crippen molar-refractivity contribution in [1.82, 2.24) is 9.55 Å². The van der Waals surface area contributed by atoms with Crippen LogP contribution in [0.3, 0.4) is 0 Å². The summed E-state index contributed by atoms with van der Waals surface area (Å²) in [6.07, 6.45) is 1.87. The summed E-state index contributed by atoms with van der Waals surface area (Å²) in [5, 5.41) is 2.09. The average molecular weight is 1280 g/mol. The maximum absolute atomic E-state index is 16.9. The van der Waals surface area contributed by atoms with Crippen molar-refractivity contribution in [2.24, 2.45) is 0 Å². The fraction of sp³-hybridized carbons (Fsp3) is 0.189. The predicted octanol–water partition coefficient (Wildman–Crippen LogP) is 20.6. The van der Waals surface area contributed by atoms with Gasteiger partial charge < -0.3 is 19.1 Å². The molecular weight excluding hydrogens is 1210 g/mol. The summed E-state index contributed by atoms with van der Waals surface area (Å²) >= 11 is 0. The van der Waals surface area contributed by atoms with Gasteiger partial charge in [0.15, 0.2) is 0 Å². The third kappa shape index (κ3) is 10.7. The summed E-state index contributed by atoms with van der Waals surface area (Å²) < 4.78 is 58.0. The van der Waals surface area contributed by atoms with Gasteiger partial charge in [-0.1, -0.05) is 165 Å². The van der Waals surface area contributed by atoms with Gasteiger partial charge in [-0.15, -0.1) is 53.6 Å². The first-order chi connectivity index (χ1) is 39.1. The van der Waals surface area contributed by atoms with E-state index in [1.54, 1.807) is 0 Å². The number of benzene rings is 9. The Bertz CT molecular complexity index is 4240. The molecule has 3 heterocycles. The summed E-state index contributed by atoms with van der Waals surface area (Å²) in [6, 6.07) is 64.3. The standard InChI is InChI=1S/C74H64F3N4O.Pt/c1-45-20-19-21-46(2)69(45)50-34-55(42-57(35-50)82-56-28-29-59-58-24-15-16-25-64(58)81(67(59)43-56)68-39-51(30-31-78-68)72(3,4)5)79-44-80(66-27-18-17-26-65(66)79)71-60(49-32-52(73(6,7)8)38-53(33-49)74(9,10)11)36-48(47-22-13-12-14-23-47)37-61(71)70-62(76)40-54(75)41-63(70)77;/h12-41,44H,1-11H3;/q-3;. The SMILES string of the molecule is Cc1cccc(C)c1-c1cc(Oc2[c-]c3c(cc2)c2ccccc2n3-c2cc(C(C)(C)C)ccn2)[c-]c(N2[CH-]N(c3c(-c4cc(C(C)(C)C)cc(C(C)(C)C)c4)cc(-c4ccccc4)cc3-c3c(F)cc(F)cc3F)c3ccccc32)c1.[Pt]. The molecule has 9 heteroatoms. The molecule has 1 aliphatic heterocycles. The maximum Gasteiger partial charge on any atom is 0.136 e. The minimum atomic E-state index is -1.01. The van der Waals surface area contributed by atoms with E-state index in [1.165, 1.54) is 0 Å². The van der Waals surface area contributed by atoms with E-state index in [4.69, 9.17) is 9.72 Å². The average Bonchev–Trinajstić information content (AvgIpc) is 4.25. The van der Waals surface area contributed by atoms with Gasteiger partial charge in [0.2, 0.25) is 0 Å². The number of rotatable bonds is 9. The Morgan fingerprint density at radius 1 is 0.482 bits per heavy atom. The van der Waals surface area contributed by atoms with Crippen LogP contribution in [0, 0.1) is 50.1 Å². The monoisotopic (exact) mass is 1280 g/mol. The van der Waals surface area contributed by atoms with Gasteiger partial charge in [-0.05, 0) is 128 Å². The van der Waals surface area contributed by atoms with Crippen molar-refractivity contribution in [2.45, 2.75) is 92.4 Å². The van der Waals surface area contributed by atoms with Crippen molar-refractivity contribution in [2.75, 3.05) is 9.80 Å². The molecule has 0 radical (unpaired) electrons. The molecule has 0 aliphatic carbocycles. The number of para-hydroxylation sites is 3. The Morgan fingerprint density at radius 3 is 1.76 bits per heavy atom. The maximum atomic E-state index is 16.9. The molecule has 0 bridgehead atoms. The first-order valence-electron chi connectivity index (χ1n) is 27.9. The second-order valence-electron chi connectivity index (χ2n) is 24.8. The molecule has 0 unspecified atom stereocenters. The normalized spacial score (nSPS) is 12.7. The zero-order valence-electron chi connectivity index (χ0n) is 48.5. The molecule has 0 atom stereocenters. The van der Waals surface area contributed by atoms with Gasteiger partial charge in [-0.3, -0.25) is 0 Å². The number of pyridine rings is 1. The van der Waals surface area contributed by atoms with E-state index in [0.29, 0.717) is 22.9 Å². The summed E-state index contributed by atoms with van der Waals surface area (Å²) in [4.78, 5) is 8.98. The topological polar surface area (TPSA) is 33.5 Å². The Hall–Kier alpha value is -8.19. The smallest absolute Gasteiger partial charge is 0.136 e. The zero-order valence-corrected chi connectivity index (χ0v) is 50.8. The van der Waals surface area contributed by atoms with Crippen LogP contribution in [0.15, 0.2) is 182 Å². The van der Waals surface area contributed by atoms with E-state index in [-0.39, 0.29) is 48.4 Å². The van der Waals surface area contributed by atoms with E-state index < -0.39 is 17.5 Å². The molecule has 83 heavy (non-hydrogen) atoms. The van der Waals surface area contributed by atoms with E-state index in [2.05, 4.69) is 177 Å². The molecule has 12 rings (SSSR count). The quantitative estimate of drug-likeness (QED) is 0.135. The molecule has 9 aromatic carbocycles. The number of fused-ring (bicyclic) bond motifs is 4. The first kappa shape index (κ1) is 56.7. The first-order valence-corrected chi connectivity index (χ1v) is 27.9. The third-order valence-electron chi connectivity index (χ3n) is 15.8. The zero-order chi connectivity index (χ0) is 57.6. The fourth-order valence-electron chi connectivity index (χ4n) is 11.5. The van der Waals surface area contributed by atoms with Crippen molar-refractivity contribution in [1.29, 1.82) is 0 Å². The van der Waals surface area contributed by atoms with Crippen LogP contribution in [0.1, 0.15) is 90.1 Å². The molecule has 2 aromatic heterocycles. The minimum Gasteiger partial charge on any atom is -0.509 e.